The summed E-state index contributed by atoms with van der Waals surface area (Å²) in [7, 11) is -5.66. The van der Waals surface area contributed by atoms with E-state index in [1.54, 1.807) is 42.5 Å². The van der Waals surface area contributed by atoms with Gasteiger partial charge in [-0.15, -0.1) is 0 Å². The van der Waals surface area contributed by atoms with Crippen molar-refractivity contribution in [3.05, 3.63) is 136 Å². The fraction of sp³-hybridized carbons (Fsp3) is 0.243. The quantitative estimate of drug-likeness (QED) is 0.0972. The molecule has 8 nitrogen and oxygen atoms in total. The summed E-state index contributed by atoms with van der Waals surface area (Å²) in [6.07, 6.45) is 4.59. The van der Waals surface area contributed by atoms with Gasteiger partial charge in [0.05, 0.1) is 18.7 Å². The molecule has 0 aromatic heterocycles. The first-order valence-corrected chi connectivity index (χ1v) is 17.4. The van der Waals surface area contributed by atoms with Gasteiger partial charge < -0.3 is 14.7 Å². The summed E-state index contributed by atoms with van der Waals surface area (Å²) >= 11 is 0. The van der Waals surface area contributed by atoms with Crippen LogP contribution in [0, 0.1) is 29.1 Å². The molecule has 0 radical (unpaired) electrons. The average molecular weight is 727 g/mol. The van der Waals surface area contributed by atoms with Gasteiger partial charge in [-0.05, 0) is 72.2 Å². The summed E-state index contributed by atoms with van der Waals surface area (Å²) in [4.78, 5) is 25.7. The van der Waals surface area contributed by atoms with Crippen molar-refractivity contribution < 1.29 is 49.8 Å². The third-order valence-electron chi connectivity index (χ3n) is 9.03. The Morgan fingerprint density at radius 1 is 0.804 bits per heavy atom. The van der Waals surface area contributed by atoms with E-state index < -0.39 is 68.2 Å². The molecule has 266 valence electrons. The normalized spacial score (nSPS) is 17.8. The van der Waals surface area contributed by atoms with Crippen molar-refractivity contribution in [3.63, 3.8) is 0 Å². The molecule has 1 aliphatic carbocycles. The largest absolute Gasteiger partial charge is 0.478 e. The van der Waals surface area contributed by atoms with Crippen LogP contribution in [0.15, 0.2) is 89.8 Å². The van der Waals surface area contributed by atoms with Crippen LogP contribution in [0.1, 0.15) is 59.2 Å². The second-order valence-corrected chi connectivity index (χ2v) is 14.0. The van der Waals surface area contributed by atoms with Gasteiger partial charge in [-0.2, -0.15) is 4.31 Å². The number of rotatable bonds is 11. The molecule has 0 unspecified atom stereocenters. The number of carboxylic acid groups (broad SMARTS) is 1. The van der Waals surface area contributed by atoms with Crippen LogP contribution >= 0.6 is 0 Å². The minimum Gasteiger partial charge on any atom is -0.478 e. The standard InChI is InChI=1S/C37H31F5N2O6S/c38-29-30(39)32(41)34(33(42)31(29)40)51(48,49)44-20-6-19-37(44,50-22-24-7-2-1-3-8-24)36(47)43(28-17-15-27(16-18-28)35(45)46)21-23-11-13-26(14-12-23)25-9-4-5-10-25/h1-3,7-9,11-18H,4-6,10,19-22H2,(H,45,46)/t37-/m1/s1. The fourth-order valence-electron chi connectivity index (χ4n) is 6.41. The van der Waals surface area contributed by atoms with Gasteiger partial charge in [0, 0.05) is 18.7 Å². The highest BCUT2D eigenvalue weighted by Crippen LogP contribution is 2.41. The van der Waals surface area contributed by atoms with E-state index in [4.69, 9.17) is 4.74 Å². The summed E-state index contributed by atoms with van der Waals surface area (Å²) in [5, 5.41) is 9.48. The predicted molar refractivity (Wildman–Crippen MR) is 176 cm³/mol. The first-order valence-electron chi connectivity index (χ1n) is 16.0. The monoisotopic (exact) mass is 726 g/mol. The first-order chi connectivity index (χ1) is 24.3. The molecule has 4 aromatic rings. The highest BCUT2D eigenvalue weighted by atomic mass is 32.2. The van der Waals surface area contributed by atoms with E-state index >= 15 is 13.6 Å². The van der Waals surface area contributed by atoms with Gasteiger partial charge in [-0.3, -0.25) is 4.79 Å². The van der Waals surface area contributed by atoms with E-state index in [-0.39, 0.29) is 37.2 Å². The summed E-state index contributed by atoms with van der Waals surface area (Å²) in [6, 6.07) is 20.7. The Morgan fingerprint density at radius 2 is 1.43 bits per heavy atom. The molecule has 0 spiro atoms. The molecule has 1 saturated heterocycles. The predicted octanol–water partition coefficient (Wildman–Crippen LogP) is 7.58. The van der Waals surface area contributed by atoms with Crippen molar-refractivity contribution in [2.45, 2.75) is 55.9 Å². The van der Waals surface area contributed by atoms with Crippen LogP contribution < -0.4 is 4.90 Å². The maximum Gasteiger partial charge on any atom is 0.335 e. The molecule has 1 fully saturated rings. The van der Waals surface area contributed by atoms with Gasteiger partial charge in [0.25, 0.3) is 15.9 Å². The van der Waals surface area contributed by atoms with E-state index in [1.807, 2.05) is 12.1 Å². The summed E-state index contributed by atoms with van der Waals surface area (Å²) < 4.78 is 108. The number of hydrogen-bond acceptors (Lipinski definition) is 5. The second kappa shape index (κ2) is 14.4. The van der Waals surface area contributed by atoms with Gasteiger partial charge in [-0.1, -0.05) is 60.7 Å². The lowest BCUT2D eigenvalue weighted by molar-refractivity contribution is -0.161. The number of anilines is 1. The van der Waals surface area contributed by atoms with E-state index in [9.17, 15) is 31.5 Å². The van der Waals surface area contributed by atoms with E-state index in [0.717, 1.165) is 29.7 Å². The Morgan fingerprint density at radius 3 is 2.02 bits per heavy atom. The number of halogens is 5. The Hall–Kier alpha value is -4.92. The second-order valence-electron chi connectivity index (χ2n) is 12.2. The number of allylic oxidation sites excluding steroid dienone is 2. The van der Waals surface area contributed by atoms with Gasteiger partial charge in [0.15, 0.2) is 28.2 Å². The molecule has 2 aliphatic rings. The SMILES string of the molecule is O=C(O)c1ccc(N(Cc2ccc(C3=CCCC3)cc2)C(=O)[C@]2(OCc3ccccc3)CCCN2S(=O)(=O)c2c(F)c(F)c(F)c(F)c2F)cc1. The molecule has 14 heteroatoms. The van der Waals surface area contributed by atoms with Crippen LogP contribution in [0.2, 0.25) is 0 Å². The molecule has 0 bridgehead atoms. The lowest BCUT2D eigenvalue weighted by atomic mass is 10.0. The number of aromatic carboxylic acids is 1. The number of carbonyl (C=O) groups is 2. The Bertz CT molecular complexity index is 2080. The highest BCUT2D eigenvalue weighted by Gasteiger charge is 2.57. The number of nitrogens with zero attached hydrogens (tertiary/aromatic N) is 2. The van der Waals surface area contributed by atoms with Crippen molar-refractivity contribution in [2.75, 3.05) is 11.4 Å². The molecule has 1 amide bonds. The number of benzene rings is 4. The smallest absolute Gasteiger partial charge is 0.335 e. The molecule has 6 rings (SSSR count). The van der Waals surface area contributed by atoms with Crippen molar-refractivity contribution in [2.24, 2.45) is 0 Å². The molecule has 1 atom stereocenters. The summed E-state index contributed by atoms with van der Waals surface area (Å²) in [5.41, 5.74) is 0.695. The van der Waals surface area contributed by atoms with Crippen LogP contribution in [0.4, 0.5) is 27.6 Å². The zero-order chi connectivity index (χ0) is 36.5. The third-order valence-corrected chi connectivity index (χ3v) is 11.0. The number of sulfonamides is 1. The number of hydrogen-bond donors (Lipinski definition) is 1. The maximum absolute atomic E-state index is 15.1. The van der Waals surface area contributed by atoms with Crippen LogP contribution in [0.5, 0.6) is 0 Å². The van der Waals surface area contributed by atoms with Crippen LogP contribution in [0.3, 0.4) is 0 Å². The fourth-order valence-corrected chi connectivity index (χ4v) is 8.25. The molecular weight excluding hydrogens is 695 g/mol. The van der Waals surface area contributed by atoms with Crippen LogP contribution in [-0.4, -0.2) is 42.0 Å². The number of amides is 1. The molecule has 1 heterocycles. The van der Waals surface area contributed by atoms with E-state index in [2.05, 4.69) is 6.08 Å². The molecule has 4 aromatic carbocycles. The lowest BCUT2D eigenvalue weighted by Crippen LogP contribution is -2.60. The zero-order valence-corrected chi connectivity index (χ0v) is 27.7. The van der Waals surface area contributed by atoms with Gasteiger partial charge in [0.2, 0.25) is 11.5 Å². The van der Waals surface area contributed by atoms with Crippen molar-refractivity contribution in [1.29, 1.82) is 0 Å². The minimum atomic E-state index is -5.66. The van der Waals surface area contributed by atoms with E-state index in [0.29, 0.717) is 15.4 Å². The van der Waals surface area contributed by atoms with Crippen molar-refractivity contribution >= 4 is 33.2 Å². The average Bonchev–Trinajstić information content (AvgIpc) is 3.84. The molecule has 51 heavy (non-hydrogen) atoms. The molecule has 0 saturated carbocycles. The molecule has 1 N–H and O–H groups in total. The molecule has 1 aliphatic heterocycles. The number of carbonyl (C=O) groups excluding carboxylic acids is 1. The minimum absolute atomic E-state index is 0.0925. The maximum atomic E-state index is 15.1. The highest BCUT2D eigenvalue weighted by molar-refractivity contribution is 7.89. The summed E-state index contributed by atoms with van der Waals surface area (Å²) in [6.45, 7) is -1.15. The van der Waals surface area contributed by atoms with Crippen molar-refractivity contribution in [3.8, 4) is 0 Å². The number of carboxylic acids is 1. The van der Waals surface area contributed by atoms with Gasteiger partial charge >= 0.3 is 5.97 Å². The van der Waals surface area contributed by atoms with E-state index in [1.165, 1.54) is 29.8 Å². The van der Waals surface area contributed by atoms with Gasteiger partial charge in [-0.25, -0.2) is 35.2 Å². The Balaban J connectivity index is 1.48. The number of ether oxygens (including phenoxy) is 1. The first kappa shape index (κ1) is 35.9. The Labute approximate surface area is 290 Å². The lowest BCUT2D eigenvalue weighted by Gasteiger charge is -2.39. The van der Waals surface area contributed by atoms with Gasteiger partial charge in [0.1, 0.15) is 0 Å². The summed E-state index contributed by atoms with van der Waals surface area (Å²) in [5.74, 6) is -14.9. The van der Waals surface area contributed by atoms with Crippen LogP contribution in [-0.2, 0) is 32.7 Å². The third kappa shape index (κ3) is 6.78. The molecular formula is C37H31F5N2O6S. The topological polar surface area (TPSA) is 104 Å². The van der Waals surface area contributed by atoms with Crippen molar-refractivity contribution in [1.82, 2.24) is 4.31 Å². The Kier molecular flexibility index (Phi) is 10.1. The zero-order valence-electron chi connectivity index (χ0n) is 26.9. The van der Waals surface area contributed by atoms with Crippen LogP contribution in [0.25, 0.3) is 5.57 Å².